The molecular formula is C20H15BrFN3O3S. The number of anilines is 2. The minimum absolute atomic E-state index is 0.214. The number of hydrogen-bond acceptors (Lipinski definition) is 4. The number of benzene rings is 2. The second kappa shape index (κ2) is 9.44. The summed E-state index contributed by atoms with van der Waals surface area (Å²) in [5.41, 5.74) is 1.02. The van der Waals surface area contributed by atoms with Gasteiger partial charge >= 0.3 is 0 Å². The van der Waals surface area contributed by atoms with Gasteiger partial charge in [-0.3, -0.25) is 14.4 Å². The number of hydrogen-bond donors (Lipinski definition) is 3. The SMILES string of the molecule is O=C(CNC(=O)c1ccc(Br)s1)Nc1cccc(C(=O)Nc2cccc(F)c2)c1. The van der Waals surface area contributed by atoms with Gasteiger partial charge in [-0.05, 0) is 64.5 Å². The van der Waals surface area contributed by atoms with Crippen LogP contribution < -0.4 is 16.0 Å². The number of amides is 3. The molecule has 1 aromatic heterocycles. The Bertz CT molecular complexity index is 1070. The Morgan fingerprint density at radius 1 is 0.897 bits per heavy atom. The van der Waals surface area contributed by atoms with Gasteiger partial charge in [0, 0.05) is 16.9 Å². The van der Waals surface area contributed by atoms with Gasteiger partial charge in [-0.15, -0.1) is 11.3 Å². The molecule has 0 fully saturated rings. The maximum atomic E-state index is 13.2. The van der Waals surface area contributed by atoms with E-state index in [9.17, 15) is 18.8 Å². The standard InChI is InChI=1S/C20H15BrFN3O3S/c21-17-8-7-16(29-17)20(28)23-11-18(26)24-14-5-1-3-12(9-14)19(27)25-15-6-2-4-13(22)10-15/h1-10H,11H2,(H,23,28)(H,24,26)(H,25,27). The summed E-state index contributed by atoms with van der Waals surface area (Å²) in [6.07, 6.45) is 0. The van der Waals surface area contributed by atoms with Crippen molar-refractivity contribution in [3.8, 4) is 0 Å². The van der Waals surface area contributed by atoms with Crippen LogP contribution in [0.5, 0.6) is 0 Å². The molecule has 0 aliphatic heterocycles. The molecule has 0 unspecified atom stereocenters. The Labute approximate surface area is 178 Å². The Kier molecular flexibility index (Phi) is 6.73. The molecule has 0 bridgehead atoms. The van der Waals surface area contributed by atoms with E-state index in [1.807, 2.05) is 0 Å². The van der Waals surface area contributed by atoms with E-state index < -0.39 is 17.6 Å². The van der Waals surface area contributed by atoms with Gasteiger partial charge in [-0.25, -0.2) is 4.39 Å². The summed E-state index contributed by atoms with van der Waals surface area (Å²) < 4.78 is 14.1. The first-order valence-corrected chi connectivity index (χ1v) is 10.0. The first kappa shape index (κ1) is 20.7. The highest BCUT2D eigenvalue weighted by Crippen LogP contribution is 2.21. The lowest BCUT2D eigenvalue weighted by Gasteiger charge is -2.09. The Balaban J connectivity index is 1.56. The van der Waals surface area contributed by atoms with Crippen molar-refractivity contribution in [2.45, 2.75) is 0 Å². The number of carbonyl (C=O) groups is 3. The third-order valence-corrected chi connectivity index (χ3v) is 5.32. The predicted molar refractivity (Wildman–Crippen MR) is 114 cm³/mol. The van der Waals surface area contributed by atoms with Crippen LogP contribution >= 0.6 is 27.3 Å². The van der Waals surface area contributed by atoms with E-state index >= 15 is 0 Å². The molecule has 3 rings (SSSR count). The van der Waals surface area contributed by atoms with E-state index in [4.69, 9.17) is 0 Å². The minimum atomic E-state index is -0.458. The Morgan fingerprint density at radius 3 is 2.31 bits per heavy atom. The van der Waals surface area contributed by atoms with Crippen molar-refractivity contribution in [1.29, 1.82) is 0 Å². The number of thiophene rings is 1. The van der Waals surface area contributed by atoms with Gasteiger partial charge in [0.15, 0.2) is 0 Å². The third kappa shape index (κ3) is 5.97. The molecule has 148 valence electrons. The summed E-state index contributed by atoms with van der Waals surface area (Å²) in [7, 11) is 0. The van der Waals surface area contributed by atoms with Crippen LogP contribution in [-0.2, 0) is 4.79 Å². The molecule has 0 radical (unpaired) electrons. The minimum Gasteiger partial charge on any atom is -0.342 e. The van der Waals surface area contributed by atoms with Crippen molar-refractivity contribution < 1.29 is 18.8 Å². The summed E-state index contributed by atoms with van der Waals surface area (Å²) in [4.78, 5) is 36.9. The molecule has 29 heavy (non-hydrogen) atoms. The van der Waals surface area contributed by atoms with Gasteiger partial charge in [-0.1, -0.05) is 12.1 Å². The molecule has 0 saturated carbocycles. The zero-order chi connectivity index (χ0) is 20.8. The molecule has 9 heteroatoms. The lowest BCUT2D eigenvalue weighted by molar-refractivity contribution is -0.115. The largest absolute Gasteiger partial charge is 0.342 e. The lowest BCUT2D eigenvalue weighted by Crippen LogP contribution is -2.32. The van der Waals surface area contributed by atoms with Crippen LogP contribution in [0.25, 0.3) is 0 Å². The fraction of sp³-hybridized carbons (Fsp3) is 0.0500. The highest BCUT2D eigenvalue weighted by atomic mass is 79.9. The second-order valence-electron chi connectivity index (χ2n) is 5.88. The zero-order valence-corrected chi connectivity index (χ0v) is 17.3. The smallest absolute Gasteiger partial charge is 0.261 e. The van der Waals surface area contributed by atoms with Crippen LogP contribution in [0.4, 0.5) is 15.8 Å². The summed E-state index contributed by atoms with van der Waals surface area (Å²) in [6, 6.07) is 15.2. The van der Waals surface area contributed by atoms with E-state index in [-0.39, 0.29) is 12.5 Å². The quantitative estimate of drug-likeness (QED) is 0.497. The molecule has 3 aromatic rings. The fourth-order valence-corrected chi connectivity index (χ4v) is 3.70. The van der Waals surface area contributed by atoms with Gasteiger partial charge in [0.25, 0.3) is 11.8 Å². The first-order valence-electron chi connectivity index (χ1n) is 8.41. The lowest BCUT2D eigenvalue weighted by atomic mass is 10.1. The molecule has 3 N–H and O–H groups in total. The van der Waals surface area contributed by atoms with Crippen molar-refractivity contribution in [1.82, 2.24) is 5.32 Å². The van der Waals surface area contributed by atoms with Crippen LogP contribution in [0.1, 0.15) is 20.0 Å². The topological polar surface area (TPSA) is 87.3 Å². The van der Waals surface area contributed by atoms with Crippen molar-refractivity contribution in [3.05, 3.63) is 80.7 Å². The summed E-state index contributed by atoms with van der Waals surface area (Å²) in [5.74, 6) is -1.68. The van der Waals surface area contributed by atoms with Gasteiger partial charge in [0.2, 0.25) is 5.91 Å². The summed E-state index contributed by atoms with van der Waals surface area (Å²) in [6.45, 7) is -0.214. The van der Waals surface area contributed by atoms with Crippen LogP contribution in [0.3, 0.4) is 0 Å². The van der Waals surface area contributed by atoms with E-state index in [2.05, 4.69) is 31.9 Å². The molecule has 0 atom stereocenters. The normalized spacial score (nSPS) is 10.3. The molecule has 6 nitrogen and oxygen atoms in total. The summed E-state index contributed by atoms with van der Waals surface area (Å²) >= 11 is 4.54. The molecule has 0 spiro atoms. The van der Waals surface area contributed by atoms with Crippen molar-refractivity contribution in [2.24, 2.45) is 0 Å². The van der Waals surface area contributed by atoms with Crippen LogP contribution in [0.2, 0.25) is 0 Å². The highest BCUT2D eigenvalue weighted by molar-refractivity contribution is 9.11. The zero-order valence-electron chi connectivity index (χ0n) is 14.9. The van der Waals surface area contributed by atoms with Crippen LogP contribution in [0, 0.1) is 5.82 Å². The first-order chi connectivity index (χ1) is 13.9. The molecular weight excluding hydrogens is 461 g/mol. The monoisotopic (exact) mass is 475 g/mol. The fourth-order valence-electron chi connectivity index (χ4n) is 2.40. The molecule has 0 aliphatic carbocycles. The molecule has 0 saturated heterocycles. The maximum Gasteiger partial charge on any atom is 0.261 e. The molecule has 0 aliphatic rings. The number of halogens is 2. The van der Waals surface area contributed by atoms with E-state index in [0.717, 1.165) is 3.79 Å². The van der Waals surface area contributed by atoms with E-state index in [0.29, 0.717) is 21.8 Å². The van der Waals surface area contributed by atoms with Gasteiger partial charge < -0.3 is 16.0 Å². The number of carbonyl (C=O) groups excluding carboxylic acids is 3. The number of nitrogens with one attached hydrogen (secondary N) is 3. The van der Waals surface area contributed by atoms with Gasteiger partial charge in [-0.2, -0.15) is 0 Å². The molecule has 3 amide bonds. The van der Waals surface area contributed by atoms with Gasteiger partial charge in [0.05, 0.1) is 15.2 Å². The van der Waals surface area contributed by atoms with Crippen molar-refractivity contribution in [3.63, 3.8) is 0 Å². The van der Waals surface area contributed by atoms with Gasteiger partial charge in [0.1, 0.15) is 5.82 Å². The van der Waals surface area contributed by atoms with Crippen molar-refractivity contribution in [2.75, 3.05) is 17.2 Å². The molecule has 1 heterocycles. The summed E-state index contributed by atoms with van der Waals surface area (Å²) in [5, 5.41) is 7.74. The predicted octanol–water partition coefficient (Wildman–Crippen LogP) is 4.27. The number of rotatable bonds is 6. The van der Waals surface area contributed by atoms with Crippen LogP contribution in [-0.4, -0.2) is 24.3 Å². The highest BCUT2D eigenvalue weighted by Gasteiger charge is 2.12. The Hall–Kier alpha value is -3.04. The van der Waals surface area contributed by atoms with Crippen LogP contribution in [0.15, 0.2) is 64.5 Å². The van der Waals surface area contributed by atoms with E-state index in [1.54, 1.807) is 36.4 Å². The third-order valence-electron chi connectivity index (χ3n) is 3.70. The average molecular weight is 476 g/mol. The second-order valence-corrected chi connectivity index (χ2v) is 8.34. The average Bonchev–Trinajstić information content (AvgIpc) is 3.13. The van der Waals surface area contributed by atoms with E-state index in [1.165, 1.54) is 35.6 Å². The maximum absolute atomic E-state index is 13.2. The Morgan fingerprint density at radius 2 is 1.62 bits per heavy atom. The molecule has 2 aromatic carbocycles. The van der Waals surface area contributed by atoms with Crippen molar-refractivity contribution >= 4 is 56.4 Å².